The van der Waals surface area contributed by atoms with Crippen molar-refractivity contribution in [2.24, 2.45) is 10.1 Å². The van der Waals surface area contributed by atoms with E-state index in [0.29, 0.717) is 19.0 Å². The van der Waals surface area contributed by atoms with Crippen molar-refractivity contribution in [3.63, 3.8) is 0 Å². The Kier molecular flexibility index (Phi) is 9.66. The first-order chi connectivity index (χ1) is 8.51. The Hall–Kier alpha value is -0.130. The first-order valence-electron chi connectivity index (χ1n) is 6.15. The number of hydrogen-bond acceptors (Lipinski definition) is 4. The van der Waals surface area contributed by atoms with Crippen LogP contribution in [0.15, 0.2) is 4.99 Å². The van der Waals surface area contributed by atoms with Crippen molar-refractivity contribution in [2.45, 2.75) is 25.9 Å². The highest BCUT2D eigenvalue weighted by Gasteiger charge is 2.14. The molecule has 0 amide bonds. The van der Waals surface area contributed by atoms with Crippen molar-refractivity contribution in [3.8, 4) is 0 Å². The molecule has 1 atom stereocenters. The van der Waals surface area contributed by atoms with E-state index in [1.165, 1.54) is 0 Å². The molecular weight excluding hydrogens is 383 g/mol. The number of aliphatic imine (C=N–C) groups is 1. The van der Waals surface area contributed by atoms with Crippen LogP contribution >= 0.6 is 24.0 Å². The average Bonchev–Trinajstić information content (AvgIpc) is 2.77. The van der Waals surface area contributed by atoms with Crippen LogP contribution in [0.2, 0.25) is 0 Å². The summed E-state index contributed by atoms with van der Waals surface area (Å²) in [5.41, 5.74) is 0. The summed E-state index contributed by atoms with van der Waals surface area (Å²) >= 11 is 0. The predicted molar refractivity (Wildman–Crippen MR) is 86.3 cm³/mol. The van der Waals surface area contributed by atoms with Gasteiger partial charge in [-0.25, -0.2) is 13.6 Å². The van der Waals surface area contributed by atoms with E-state index < -0.39 is 10.0 Å². The van der Waals surface area contributed by atoms with E-state index in [2.05, 4.69) is 15.6 Å². The first-order valence-corrected chi connectivity index (χ1v) is 7.87. The van der Waals surface area contributed by atoms with Gasteiger partial charge in [0.25, 0.3) is 0 Å². The Balaban J connectivity index is 0.00000324. The van der Waals surface area contributed by atoms with Gasteiger partial charge in [-0.15, -0.1) is 24.0 Å². The van der Waals surface area contributed by atoms with E-state index >= 15 is 0 Å². The van der Waals surface area contributed by atoms with Crippen LogP contribution in [0.5, 0.6) is 0 Å². The van der Waals surface area contributed by atoms with Gasteiger partial charge in [-0.1, -0.05) is 0 Å². The molecule has 1 aliphatic heterocycles. The number of nitrogens with one attached hydrogen (secondary N) is 2. The lowest BCUT2D eigenvalue weighted by Gasteiger charge is -2.12. The van der Waals surface area contributed by atoms with Crippen LogP contribution < -0.4 is 15.8 Å². The molecule has 0 radical (unpaired) electrons. The van der Waals surface area contributed by atoms with Crippen molar-refractivity contribution in [1.29, 1.82) is 0 Å². The Morgan fingerprint density at radius 2 is 2.21 bits per heavy atom. The second-order valence-corrected chi connectivity index (χ2v) is 5.88. The van der Waals surface area contributed by atoms with Gasteiger partial charge in [0.15, 0.2) is 5.96 Å². The predicted octanol–water partition coefficient (Wildman–Crippen LogP) is -0.373. The highest BCUT2D eigenvalue weighted by atomic mass is 127. The summed E-state index contributed by atoms with van der Waals surface area (Å²) in [5, 5.41) is 10.9. The van der Waals surface area contributed by atoms with Crippen molar-refractivity contribution in [3.05, 3.63) is 0 Å². The Morgan fingerprint density at radius 3 is 2.74 bits per heavy atom. The number of rotatable bonds is 6. The third kappa shape index (κ3) is 9.41. The van der Waals surface area contributed by atoms with Crippen LogP contribution in [0, 0.1) is 0 Å². The van der Waals surface area contributed by atoms with Crippen molar-refractivity contribution < 1.29 is 13.2 Å². The molecule has 1 aliphatic rings. The molecule has 1 saturated heterocycles. The molecule has 1 heterocycles. The van der Waals surface area contributed by atoms with Gasteiger partial charge in [-0.3, -0.25) is 4.99 Å². The zero-order valence-corrected chi connectivity index (χ0v) is 14.2. The van der Waals surface area contributed by atoms with Crippen LogP contribution in [0.1, 0.15) is 19.8 Å². The molecule has 19 heavy (non-hydrogen) atoms. The van der Waals surface area contributed by atoms with Crippen LogP contribution in [0.25, 0.3) is 0 Å². The number of hydrogen-bond donors (Lipinski definition) is 3. The van der Waals surface area contributed by atoms with E-state index in [4.69, 9.17) is 9.88 Å². The smallest absolute Gasteiger partial charge is 0.210 e. The maximum atomic E-state index is 10.8. The van der Waals surface area contributed by atoms with Crippen LogP contribution in [-0.2, 0) is 14.8 Å². The van der Waals surface area contributed by atoms with E-state index in [1.54, 1.807) is 0 Å². The molecule has 9 heteroatoms. The molecule has 0 aromatic rings. The van der Waals surface area contributed by atoms with E-state index in [0.717, 1.165) is 19.4 Å². The Morgan fingerprint density at radius 1 is 1.47 bits per heavy atom. The number of primary sulfonamides is 1. The lowest BCUT2D eigenvalue weighted by Crippen LogP contribution is -2.40. The van der Waals surface area contributed by atoms with Crippen LogP contribution in [0.3, 0.4) is 0 Å². The highest BCUT2D eigenvalue weighted by molar-refractivity contribution is 14.0. The Labute approximate surface area is 131 Å². The van der Waals surface area contributed by atoms with Gasteiger partial charge in [0.05, 0.1) is 18.4 Å². The summed E-state index contributed by atoms with van der Waals surface area (Å²) in [7, 11) is -3.44. The third-order valence-corrected chi connectivity index (χ3v) is 3.27. The second kappa shape index (κ2) is 9.72. The largest absolute Gasteiger partial charge is 0.376 e. The molecule has 1 unspecified atom stereocenters. The summed E-state index contributed by atoms with van der Waals surface area (Å²) in [5.74, 6) is 0.480. The molecule has 1 rings (SSSR count). The molecule has 0 aromatic heterocycles. The molecule has 0 spiro atoms. The standard InChI is InChI=1S/C10H22N4O3S.HI/c1-2-12-10(13-5-7-18(11,15)16)14-8-9-4-3-6-17-9;/h9H,2-8H2,1H3,(H2,11,15,16)(H2,12,13,14);1H. The fraction of sp³-hybridized carbons (Fsp3) is 0.900. The van der Waals surface area contributed by atoms with Gasteiger partial charge in [-0.2, -0.15) is 0 Å². The summed E-state index contributed by atoms with van der Waals surface area (Å²) in [4.78, 5) is 4.35. The SMILES string of the molecule is CCNC(=NCC1CCCO1)NCCS(N)(=O)=O.I. The molecule has 0 aliphatic carbocycles. The van der Waals surface area contributed by atoms with Gasteiger partial charge in [0.2, 0.25) is 10.0 Å². The van der Waals surface area contributed by atoms with Gasteiger partial charge in [0.1, 0.15) is 0 Å². The van der Waals surface area contributed by atoms with Gasteiger partial charge >= 0.3 is 0 Å². The summed E-state index contributed by atoms with van der Waals surface area (Å²) in [6, 6.07) is 0. The zero-order chi connectivity index (χ0) is 13.4. The second-order valence-electron chi connectivity index (χ2n) is 4.15. The summed E-state index contributed by atoms with van der Waals surface area (Å²) in [6.45, 7) is 4.30. The number of ether oxygens (including phenoxy) is 1. The quantitative estimate of drug-likeness (QED) is 0.317. The molecule has 1 fully saturated rings. The van der Waals surface area contributed by atoms with Gasteiger partial charge < -0.3 is 15.4 Å². The fourth-order valence-corrected chi connectivity index (χ4v) is 2.02. The number of sulfonamides is 1. The lowest BCUT2D eigenvalue weighted by molar-refractivity contribution is 0.117. The normalized spacial score (nSPS) is 19.9. The minimum atomic E-state index is -3.44. The molecule has 114 valence electrons. The highest BCUT2D eigenvalue weighted by Crippen LogP contribution is 2.11. The van der Waals surface area contributed by atoms with Crippen LogP contribution in [0.4, 0.5) is 0 Å². The molecular formula is C10H23IN4O3S. The third-order valence-electron chi connectivity index (χ3n) is 2.50. The van der Waals surface area contributed by atoms with Crippen molar-refractivity contribution >= 4 is 40.0 Å². The van der Waals surface area contributed by atoms with E-state index in [-0.39, 0.29) is 42.4 Å². The van der Waals surface area contributed by atoms with E-state index in [9.17, 15) is 8.42 Å². The lowest BCUT2D eigenvalue weighted by atomic mass is 10.2. The van der Waals surface area contributed by atoms with Crippen molar-refractivity contribution in [2.75, 3.05) is 32.0 Å². The van der Waals surface area contributed by atoms with Crippen molar-refractivity contribution in [1.82, 2.24) is 10.6 Å². The molecule has 7 nitrogen and oxygen atoms in total. The van der Waals surface area contributed by atoms with Gasteiger partial charge in [-0.05, 0) is 19.8 Å². The molecule has 4 N–H and O–H groups in total. The topological polar surface area (TPSA) is 106 Å². The van der Waals surface area contributed by atoms with Crippen LogP contribution in [-0.4, -0.2) is 52.5 Å². The number of nitrogens with two attached hydrogens (primary N) is 1. The van der Waals surface area contributed by atoms with Gasteiger partial charge in [0, 0.05) is 19.7 Å². The summed E-state index contributed by atoms with van der Waals surface area (Å²) in [6.07, 6.45) is 2.29. The number of guanidine groups is 1. The minimum absolute atomic E-state index is 0. The molecule has 0 saturated carbocycles. The van der Waals surface area contributed by atoms with E-state index in [1.807, 2.05) is 6.92 Å². The molecule has 0 aromatic carbocycles. The number of halogens is 1. The zero-order valence-electron chi connectivity index (χ0n) is 11.1. The number of nitrogens with zero attached hydrogens (tertiary/aromatic N) is 1. The fourth-order valence-electron chi connectivity index (χ4n) is 1.63. The maximum absolute atomic E-state index is 10.8. The molecule has 0 bridgehead atoms. The average molecular weight is 406 g/mol. The maximum Gasteiger partial charge on any atom is 0.210 e. The Bertz CT molecular complexity index is 369. The minimum Gasteiger partial charge on any atom is -0.376 e. The summed E-state index contributed by atoms with van der Waals surface area (Å²) < 4.78 is 27.1. The monoisotopic (exact) mass is 406 g/mol. The first kappa shape index (κ1) is 18.9.